The zero-order chi connectivity index (χ0) is 55.3. The SMILES string of the molecule is [2H]C([2H])([2H])c1cc2c3c(c1)N(c1c(C)cc(C(C)(C)c4ccccc4)cc1-c1ccccc1)c1cc(C(C)(C)c4ccccc4)ccc1B3c1cc3c(cc1N2c1ccc2c(c1)C(C)(C)CCC2(C)C)C(C)(C)CCC3(C)C. The van der Waals surface area contributed by atoms with Gasteiger partial charge in [0.05, 0.1) is 5.69 Å². The highest BCUT2D eigenvalue weighted by Crippen LogP contribution is 2.54. The van der Waals surface area contributed by atoms with Crippen molar-refractivity contribution in [3.8, 4) is 11.1 Å². The second-order valence-electron chi connectivity index (χ2n) is 26.6. The predicted molar refractivity (Wildman–Crippen MR) is 323 cm³/mol. The normalized spacial score (nSPS) is 18.4. The summed E-state index contributed by atoms with van der Waals surface area (Å²) in [6, 6.07) is 61.1. The van der Waals surface area contributed by atoms with Crippen molar-refractivity contribution in [1.29, 1.82) is 0 Å². The maximum Gasteiger partial charge on any atom is 0.252 e. The van der Waals surface area contributed by atoms with Crippen LogP contribution < -0.4 is 26.2 Å². The fourth-order valence-corrected chi connectivity index (χ4v) is 14.0. The Morgan fingerprint density at radius 1 is 0.440 bits per heavy atom. The fourth-order valence-electron chi connectivity index (χ4n) is 14.0. The van der Waals surface area contributed by atoms with Gasteiger partial charge >= 0.3 is 0 Å². The van der Waals surface area contributed by atoms with E-state index in [0.29, 0.717) is 5.56 Å². The van der Waals surface area contributed by atoms with Gasteiger partial charge in [-0.2, -0.15) is 0 Å². The molecule has 0 saturated heterocycles. The van der Waals surface area contributed by atoms with Crippen LogP contribution in [0.25, 0.3) is 11.1 Å². The van der Waals surface area contributed by atoms with Crippen LogP contribution in [0.2, 0.25) is 0 Å². The molecule has 2 aliphatic carbocycles. The minimum absolute atomic E-state index is 0.0294. The molecular weight excluding hydrogens is 904 g/mol. The highest BCUT2D eigenvalue weighted by Gasteiger charge is 2.48. The van der Waals surface area contributed by atoms with Crippen molar-refractivity contribution in [3.63, 3.8) is 0 Å². The fraction of sp³-hybridized carbons (Fsp3) is 0.333. The van der Waals surface area contributed by atoms with Crippen LogP contribution in [0.4, 0.5) is 34.1 Å². The van der Waals surface area contributed by atoms with E-state index in [-0.39, 0.29) is 39.2 Å². The van der Waals surface area contributed by atoms with Crippen LogP contribution in [0.1, 0.15) is 169 Å². The summed E-state index contributed by atoms with van der Waals surface area (Å²) in [7, 11) is 0. The Bertz CT molecular complexity index is 3700. The first-order valence-corrected chi connectivity index (χ1v) is 27.8. The summed E-state index contributed by atoms with van der Waals surface area (Å²) in [5, 5.41) is 0. The van der Waals surface area contributed by atoms with Crippen molar-refractivity contribution in [2.24, 2.45) is 0 Å². The van der Waals surface area contributed by atoms with E-state index in [1.54, 1.807) is 0 Å². The second-order valence-corrected chi connectivity index (χ2v) is 26.6. The highest BCUT2D eigenvalue weighted by molar-refractivity contribution is 7.00. The molecule has 2 aliphatic heterocycles. The van der Waals surface area contributed by atoms with E-state index in [0.717, 1.165) is 82.0 Å². The van der Waals surface area contributed by atoms with Gasteiger partial charge in [0.25, 0.3) is 6.71 Å². The molecule has 0 saturated carbocycles. The van der Waals surface area contributed by atoms with Crippen LogP contribution >= 0.6 is 0 Å². The van der Waals surface area contributed by atoms with Gasteiger partial charge in [-0.05, 0) is 181 Å². The summed E-state index contributed by atoms with van der Waals surface area (Å²) >= 11 is 0. The zero-order valence-electron chi connectivity index (χ0n) is 49.9. The molecule has 0 fully saturated rings. The first-order chi connectivity index (χ1) is 36.7. The molecule has 0 spiro atoms. The van der Waals surface area contributed by atoms with E-state index in [4.69, 9.17) is 0 Å². The molecule has 3 heteroatoms. The van der Waals surface area contributed by atoms with E-state index in [1.807, 2.05) is 12.1 Å². The van der Waals surface area contributed by atoms with Gasteiger partial charge in [-0.3, -0.25) is 0 Å². The van der Waals surface area contributed by atoms with E-state index < -0.39 is 6.85 Å². The summed E-state index contributed by atoms with van der Waals surface area (Å²) in [6.45, 7) is 28.3. The lowest BCUT2D eigenvalue weighted by molar-refractivity contribution is 0.332. The molecule has 0 unspecified atom stereocenters. The number of anilines is 6. The number of fused-ring (bicyclic) bond motifs is 6. The molecule has 0 bridgehead atoms. The van der Waals surface area contributed by atoms with Gasteiger partial charge in [-0.15, -0.1) is 0 Å². The molecular formula is C72H77BN2. The number of hydrogen-bond acceptors (Lipinski definition) is 2. The molecule has 2 heterocycles. The van der Waals surface area contributed by atoms with Crippen molar-refractivity contribution in [3.05, 3.63) is 219 Å². The number of rotatable bonds is 7. The summed E-state index contributed by atoms with van der Waals surface area (Å²) in [5.74, 6) is 0. The third kappa shape index (κ3) is 7.71. The molecule has 0 aromatic heterocycles. The van der Waals surface area contributed by atoms with Crippen LogP contribution in [0.15, 0.2) is 164 Å². The number of hydrogen-bond donors (Lipinski definition) is 0. The Labute approximate surface area is 454 Å². The minimum atomic E-state index is -2.42. The van der Waals surface area contributed by atoms with Gasteiger partial charge in [-0.1, -0.05) is 204 Å². The highest BCUT2D eigenvalue weighted by atomic mass is 15.2. The molecule has 0 atom stereocenters. The monoisotopic (exact) mass is 984 g/mol. The molecule has 4 aliphatic rings. The van der Waals surface area contributed by atoms with E-state index in [9.17, 15) is 4.11 Å². The largest absolute Gasteiger partial charge is 0.311 e. The Balaban J connectivity index is 1.23. The van der Waals surface area contributed by atoms with Crippen molar-refractivity contribution < 1.29 is 4.11 Å². The molecule has 2 nitrogen and oxygen atoms in total. The van der Waals surface area contributed by atoms with E-state index in [1.165, 1.54) is 55.4 Å². The maximum atomic E-state index is 9.41. The second kappa shape index (κ2) is 17.0. The zero-order valence-corrected chi connectivity index (χ0v) is 46.9. The summed E-state index contributed by atoms with van der Waals surface area (Å²) in [4.78, 5) is 4.98. The Morgan fingerprint density at radius 3 is 1.53 bits per heavy atom. The summed E-state index contributed by atoms with van der Waals surface area (Å²) in [6.07, 6.45) is 4.40. The van der Waals surface area contributed by atoms with Gasteiger partial charge in [0.15, 0.2) is 0 Å². The maximum absolute atomic E-state index is 9.41. The van der Waals surface area contributed by atoms with Crippen molar-refractivity contribution >= 4 is 57.2 Å². The molecule has 0 amide bonds. The third-order valence-electron chi connectivity index (χ3n) is 19.2. The standard InChI is InChI=1S/C72H77BN2/c1-46-38-63-65-64(39-46)75(66-47(2)40-52(41-54(66)48-24-18-15-19-25-48)72(13,14)50-28-22-17-23-29-50)61-42-51(71(11,12)49-26-20-16-21-27-49)30-33-59(61)73(65)60-44-57-58(70(9,10)37-36-69(57,7)8)45-62(60)74(63)53-31-32-55-56(43-53)68(5,6)35-34-67(55,3)4/h15-33,38-45H,34-37H2,1-14H3/i1D3. The first-order valence-electron chi connectivity index (χ1n) is 29.3. The number of benzene rings is 8. The van der Waals surface area contributed by atoms with E-state index in [2.05, 4.69) is 251 Å². The van der Waals surface area contributed by atoms with E-state index >= 15 is 0 Å². The van der Waals surface area contributed by atoms with Crippen LogP contribution in [-0.4, -0.2) is 6.71 Å². The topological polar surface area (TPSA) is 6.48 Å². The van der Waals surface area contributed by atoms with Crippen molar-refractivity contribution in [2.45, 2.75) is 155 Å². The van der Waals surface area contributed by atoms with Crippen LogP contribution in [-0.2, 0) is 32.5 Å². The number of aryl methyl sites for hydroxylation is 2. The van der Waals surface area contributed by atoms with Gasteiger partial charge in [0, 0.05) is 48.9 Å². The third-order valence-corrected chi connectivity index (χ3v) is 19.2. The van der Waals surface area contributed by atoms with Crippen molar-refractivity contribution in [1.82, 2.24) is 0 Å². The Kier molecular flexibility index (Phi) is 10.4. The predicted octanol–water partition coefficient (Wildman–Crippen LogP) is 17.4. The van der Waals surface area contributed by atoms with Crippen LogP contribution in [0.3, 0.4) is 0 Å². The lowest BCUT2D eigenvalue weighted by Gasteiger charge is -2.48. The molecule has 12 rings (SSSR count). The first kappa shape index (κ1) is 45.8. The molecule has 75 heavy (non-hydrogen) atoms. The molecule has 0 radical (unpaired) electrons. The molecule has 8 aromatic carbocycles. The van der Waals surface area contributed by atoms with Crippen LogP contribution in [0, 0.1) is 13.8 Å². The molecule has 0 N–H and O–H groups in total. The van der Waals surface area contributed by atoms with Gasteiger partial charge < -0.3 is 9.80 Å². The summed E-state index contributed by atoms with van der Waals surface area (Å²) < 4.78 is 28.2. The number of nitrogens with zero attached hydrogens (tertiary/aromatic N) is 2. The van der Waals surface area contributed by atoms with Crippen molar-refractivity contribution in [2.75, 3.05) is 9.80 Å². The lowest BCUT2D eigenvalue weighted by Crippen LogP contribution is -2.62. The minimum Gasteiger partial charge on any atom is -0.311 e. The van der Waals surface area contributed by atoms with Crippen LogP contribution in [0.5, 0.6) is 0 Å². The lowest BCUT2D eigenvalue weighted by atomic mass is 9.33. The van der Waals surface area contributed by atoms with Gasteiger partial charge in [0.1, 0.15) is 0 Å². The quantitative estimate of drug-likeness (QED) is 0.147. The smallest absolute Gasteiger partial charge is 0.252 e. The molecule has 378 valence electrons. The summed E-state index contributed by atoms with van der Waals surface area (Å²) in [5.41, 5.74) is 23.1. The average Bonchev–Trinajstić information content (AvgIpc) is 2.77. The molecule has 8 aromatic rings. The Hall–Kier alpha value is -6.58. The average molecular weight is 984 g/mol. The Morgan fingerprint density at radius 2 is 0.947 bits per heavy atom. The van der Waals surface area contributed by atoms with Gasteiger partial charge in [-0.25, -0.2) is 0 Å². The van der Waals surface area contributed by atoms with Gasteiger partial charge in [0.2, 0.25) is 0 Å².